The van der Waals surface area contributed by atoms with Gasteiger partial charge in [0.1, 0.15) is 0 Å². The highest BCUT2D eigenvalue weighted by Gasteiger charge is 2.42. The third kappa shape index (κ3) is 2.96. The molecule has 2 unspecified atom stereocenters. The number of aliphatic carboxylic acids is 1. The van der Waals surface area contributed by atoms with E-state index in [1.807, 2.05) is 25.1 Å². The van der Waals surface area contributed by atoms with Gasteiger partial charge < -0.3 is 14.6 Å². The lowest BCUT2D eigenvalue weighted by molar-refractivity contribution is -0.236. The van der Waals surface area contributed by atoms with Crippen LogP contribution in [0.3, 0.4) is 0 Å². The average molecular weight is 264 g/mol. The Bertz CT molecular complexity index is 411. The number of ether oxygens (including phenoxy) is 2. The number of rotatable bonds is 5. The van der Waals surface area contributed by atoms with Crippen LogP contribution in [0.5, 0.6) is 0 Å². The fourth-order valence-corrected chi connectivity index (χ4v) is 2.42. The van der Waals surface area contributed by atoms with Crippen LogP contribution in [0, 0.1) is 0 Å². The van der Waals surface area contributed by atoms with Crippen LogP contribution in [-0.4, -0.2) is 24.0 Å². The molecule has 0 saturated carbocycles. The van der Waals surface area contributed by atoms with Gasteiger partial charge in [0.25, 0.3) is 0 Å². The molecule has 1 heterocycles. The second-order valence-corrected chi connectivity index (χ2v) is 4.77. The van der Waals surface area contributed by atoms with Crippen molar-refractivity contribution in [3.8, 4) is 0 Å². The van der Waals surface area contributed by atoms with Gasteiger partial charge >= 0.3 is 5.97 Å². The first-order valence-corrected chi connectivity index (χ1v) is 6.77. The predicted molar refractivity (Wildman–Crippen MR) is 70.7 cm³/mol. The summed E-state index contributed by atoms with van der Waals surface area (Å²) in [5.74, 6) is -0.963. The minimum atomic E-state index is -1.32. The highest BCUT2D eigenvalue weighted by Crippen LogP contribution is 2.33. The van der Waals surface area contributed by atoms with Crippen molar-refractivity contribution >= 4 is 5.97 Å². The highest BCUT2D eigenvalue weighted by molar-refractivity contribution is 5.79. The van der Waals surface area contributed by atoms with Crippen LogP contribution in [-0.2, 0) is 19.9 Å². The zero-order chi connectivity index (χ0) is 13.7. The maximum absolute atomic E-state index is 11.7. The summed E-state index contributed by atoms with van der Waals surface area (Å²) in [6.45, 7) is 2.46. The Morgan fingerprint density at radius 1 is 1.42 bits per heavy atom. The van der Waals surface area contributed by atoms with Crippen molar-refractivity contribution < 1.29 is 19.4 Å². The zero-order valence-electron chi connectivity index (χ0n) is 11.2. The number of carboxylic acids is 1. The van der Waals surface area contributed by atoms with Crippen LogP contribution >= 0.6 is 0 Å². The van der Waals surface area contributed by atoms with E-state index in [0.717, 1.165) is 19.3 Å². The summed E-state index contributed by atoms with van der Waals surface area (Å²) < 4.78 is 11.4. The summed E-state index contributed by atoms with van der Waals surface area (Å²) >= 11 is 0. The summed E-state index contributed by atoms with van der Waals surface area (Å²) in [7, 11) is 0. The lowest BCUT2D eigenvalue weighted by Gasteiger charge is -2.34. The van der Waals surface area contributed by atoms with E-state index in [4.69, 9.17) is 9.47 Å². The molecular formula is C15H20O4. The summed E-state index contributed by atoms with van der Waals surface area (Å²) in [4.78, 5) is 11.7. The number of carboxylic acid groups (broad SMARTS) is 1. The van der Waals surface area contributed by atoms with Crippen molar-refractivity contribution in [3.05, 3.63) is 35.9 Å². The molecule has 1 aromatic carbocycles. The molecule has 0 amide bonds. The molecule has 1 aromatic rings. The van der Waals surface area contributed by atoms with E-state index < -0.39 is 17.9 Å². The molecule has 2 rings (SSSR count). The normalized spacial score (nSPS) is 22.7. The van der Waals surface area contributed by atoms with E-state index in [1.54, 1.807) is 12.1 Å². The molecule has 0 bridgehead atoms. The second kappa shape index (κ2) is 6.17. The minimum absolute atomic E-state index is 0.367. The van der Waals surface area contributed by atoms with E-state index in [2.05, 4.69) is 0 Å². The maximum atomic E-state index is 11.7. The molecule has 1 aliphatic heterocycles. The van der Waals surface area contributed by atoms with Gasteiger partial charge in [0.2, 0.25) is 0 Å². The largest absolute Gasteiger partial charge is 0.479 e. The Morgan fingerprint density at radius 2 is 2.16 bits per heavy atom. The van der Waals surface area contributed by atoms with E-state index >= 15 is 0 Å². The van der Waals surface area contributed by atoms with Crippen molar-refractivity contribution in [2.45, 2.75) is 44.5 Å². The van der Waals surface area contributed by atoms with Crippen molar-refractivity contribution in [2.75, 3.05) is 6.61 Å². The first-order chi connectivity index (χ1) is 9.19. The van der Waals surface area contributed by atoms with Crippen molar-refractivity contribution in [3.63, 3.8) is 0 Å². The van der Waals surface area contributed by atoms with Gasteiger partial charge in [0.05, 0.1) is 0 Å². The van der Waals surface area contributed by atoms with E-state index in [-0.39, 0.29) is 0 Å². The molecule has 0 aromatic heterocycles. The molecule has 1 N–H and O–H groups in total. The molecular weight excluding hydrogens is 244 g/mol. The number of benzene rings is 1. The molecule has 104 valence electrons. The predicted octanol–water partition coefficient (Wildman–Crippen LogP) is 2.92. The van der Waals surface area contributed by atoms with Crippen molar-refractivity contribution in [1.29, 1.82) is 0 Å². The number of hydrogen-bond acceptors (Lipinski definition) is 3. The monoisotopic (exact) mass is 264 g/mol. The fourth-order valence-electron chi connectivity index (χ4n) is 2.42. The van der Waals surface area contributed by atoms with Gasteiger partial charge in [-0.15, -0.1) is 0 Å². The highest BCUT2D eigenvalue weighted by atomic mass is 16.7. The first kappa shape index (κ1) is 14.0. The number of hydrogen-bond donors (Lipinski definition) is 1. The standard InChI is InChI=1S/C15H20O4/c1-2-15(14(16)17,12-8-4-3-5-9-12)19-13-10-6-7-11-18-13/h3-5,8-9,13H,2,6-7,10-11H2,1H3,(H,16,17). The third-order valence-corrected chi connectivity index (χ3v) is 3.55. The molecule has 0 spiro atoms. The summed E-state index contributed by atoms with van der Waals surface area (Å²) in [5.41, 5.74) is -0.650. The topological polar surface area (TPSA) is 55.8 Å². The van der Waals surface area contributed by atoms with Crippen LogP contribution in [0.2, 0.25) is 0 Å². The van der Waals surface area contributed by atoms with Gasteiger partial charge in [-0.1, -0.05) is 37.3 Å². The Hall–Kier alpha value is -1.39. The Morgan fingerprint density at radius 3 is 2.68 bits per heavy atom. The van der Waals surface area contributed by atoms with Gasteiger partial charge in [-0.3, -0.25) is 0 Å². The molecule has 4 nitrogen and oxygen atoms in total. The lowest BCUT2D eigenvalue weighted by atomic mass is 9.90. The molecule has 2 atom stereocenters. The van der Waals surface area contributed by atoms with Gasteiger partial charge in [-0.2, -0.15) is 0 Å². The van der Waals surface area contributed by atoms with Crippen molar-refractivity contribution in [1.82, 2.24) is 0 Å². The molecule has 1 aliphatic rings. The first-order valence-electron chi connectivity index (χ1n) is 6.77. The van der Waals surface area contributed by atoms with Crippen LogP contribution < -0.4 is 0 Å². The minimum Gasteiger partial charge on any atom is -0.479 e. The molecule has 19 heavy (non-hydrogen) atoms. The van der Waals surface area contributed by atoms with Crippen LogP contribution in [0.25, 0.3) is 0 Å². The SMILES string of the molecule is CCC(OC1CCCCO1)(C(=O)O)c1ccccc1. The van der Waals surface area contributed by atoms with Crippen molar-refractivity contribution in [2.24, 2.45) is 0 Å². The van der Waals surface area contributed by atoms with E-state index in [9.17, 15) is 9.90 Å². The third-order valence-electron chi connectivity index (χ3n) is 3.55. The van der Waals surface area contributed by atoms with Gasteiger partial charge in [0, 0.05) is 6.61 Å². The quantitative estimate of drug-likeness (QED) is 0.888. The Kier molecular flexibility index (Phi) is 4.56. The van der Waals surface area contributed by atoms with Crippen LogP contribution in [0.1, 0.15) is 38.2 Å². The maximum Gasteiger partial charge on any atom is 0.340 e. The fraction of sp³-hybridized carbons (Fsp3) is 0.533. The second-order valence-electron chi connectivity index (χ2n) is 4.77. The number of carbonyl (C=O) groups is 1. The summed E-state index contributed by atoms with van der Waals surface area (Å²) in [6, 6.07) is 9.10. The van der Waals surface area contributed by atoms with Crippen LogP contribution in [0.4, 0.5) is 0 Å². The molecule has 1 fully saturated rings. The van der Waals surface area contributed by atoms with Gasteiger partial charge in [-0.25, -0.2) is 4.79 Å². The Balaban J connectivity index is 2.26. The molecule has 1 saturated heterocycles. The molecule has 4 heteroatoms. The van der Waals surface area contributed by atoms with Crippen LogP contribution in [0.15, 0.2) is 30.3 Å². The van der Waals surface area contributed by atoms with E-state index in [1.165, 1.54) is 0 Å². The smallest absolute Gasteiger partial charge is 0.340 e. The zero-order valence-corrected chi connectivity index (χ0v) is 11.2. The van der Waals surface area contributed by atoms with E-state index in [0.29, 0.717) is 18.6 Å². The average Bonchev–Trinajstić information content (AvgIpc) is 2.46. The molecule has 0 radical (unpaired) electrons. The Labute approximate surface area is 113 Å². The van der Waals surface area contributed by atoms with Gasteiger partial charge in [0.15, 0.2) is 11.9 Å². The van der Waals surface area contributed by atoms with Gasteiger partial charge in [-0.05, 0) is 31.2 Å². The summed E-state index contributed by atoms with van der Waals surface area (Å²) in [6.07, 6.45) is 2.72. The molecule has 0 aliphatic carbocycles. The summed E-state index contributed by atoms with van der Waals surface area (Å²) in [5, 5.41) is 9.63. The lowest BCUT2D eigenvalue weighted by Crippen LogP contribution is -2.42.